The first-order chi connectivity index (χ1) is 7.75. The molecule has 2 rings (SSSR count). The summed E-state index contributed by atoms with van der Waals surface area (Å²) in [6.07, 6.45) is 2.30. The molecule has 1 fully saturated rings. The fraction of sp³-hybridized carbons (Fsp3) is 0.583. The Balaban J connectivity index is 1.94. The summed E-state index contributed by atoms with van der Waals surface area (Å²) in [6, 6.07) is 4.87. The van der Waals surface area contributed by atoms with Crippen molar-refractivity contribution in [2.45, 2.75) is 12.8 Å². The third-order valence-corrected chi connectivity index (χ3v) is 2.88. The Bertz CT molecular complexity index is 340. The van der Waals surface area contributed by atoms with Gasteiger partial charge in [-0.15, -0.1) is 0 Å². The average molecular weight is 224 g/mol. The molecule has 0 radical (unpaired) electrons. The van der Waals surface area contributed by atoms with E-state index in [-0.39, 0.29) is 0 Å². The van der Waals surface area contributed by atoms with Crippen LogP contribution in [0.15, 0.2) is 18.2 Å². The van der Waals surface area contributed by atoms with E-state index < -0.39 is 5.95 Å². The minimum atomic E-state index is -0.427. The van der Waals surface area contributed by atoms with Crippen LogP contribution in [0.2, 0.25) is 0 Å². The fourth-order valence-electron chi connectivity index (χ4n) is 2.04. The highest BCUT2D eigenvalue weighted by molar-refractivity contribution is 5.36. The van der Waals surface area contributed by atoms with Crippen LogP contribution in [0.3, 0.4) is 0 Å². The molecule has 1 aliphatic heterocycles. The van der Waals surface area contributed by atoms with Crippen molar-refractivity contribution >= 4 is 5.82 Å². The first-order valence-corrected chi connectivity index (χ1v) is 5.67. The van der Waals surface area contributed by atoms with Crippen molar-refractivity contribution in [1.29, 1.82) is 0 Å². The van der Waals surface area contributed by atoms with E-state index in [1.54, 1.807) is 6.07 Å². The number of anilines is 1. The Kier molecular flexibility index (Phi) is 3.72. The summed E-state index contributed by atoms with van der Waals surface area (Å²) in [5.41, 5.74) is 0. The Morgan fingerprint density at radius 1 is 1.56 bits per heavy atom. The maximum absolute atomic E-state index is 12.9. The van der Waals surface area contributed by atoms with Crippen molar-refractivity contribution < 1.29 is 9.13 Å². The highest BCUT2D eigenvalue weighted by atomic mass is 19.1. The summed E-state index contributed by atoms with van der Waals surface area (Å²) >= 11 is 0. The lowest BCUT2D eigenvalue weighted by Gasteiger charge is -2.27. The summed E-state index contributed by atoms with van der Waals surface area (Å²) in [5.74, 6) is 0.790. The lowest BCUT2D eigenvalue weighted by atomic mass is 10.0. The van der Waals surface area contributed by atoms with Crippen LogP contribution < -0.4 is 4.90 Å². The fourth-order valence-corrected chi connectivity index (χ4v) is 2.04. The largest absolute Gasteiger partial charge is 0.381 e. The minimum Gasteiger partial charge on any atom is -0.381 e. The number of nitrogens with zero attached hydrogens (tertiary/aromatic N) is 2. The van der Waals surface area contributed by atoms with Crippen molar-refractivity contribution in [2.75, 3.05) is 31.7 Å². The summed E-state index contributed by atoms with van der Waals surface area (Å²) in [7, 11) is 1.94. The first kappa shape index (κ1) is 11.3. The van der Waals surface area contributed by atoms with E-state index in [0.29, 0.717) is 11.7 Å². The topological polar surface area (TPSA) is 25.4 Å². The molecule has 16 heavy (non-hydrogen) atoms. The van der Waals surface area contributed by atoms with Gasteiger partial charge in [-0.05, 0) is 30.9 Å². The molecule has 1 aromatic rings. The van der Waals surface area contributed by atoms with Gasteiger partial charge in [0.25, 0.3) is 0 Å². The molecule has 1 saturated heterocycles. The van der Waals surface area contributed by atoms with Gasteiger partial charge >= 0.3 is 0 Å². The van der Waals surface area contributed by atoms with Crippen molar-refractivity contribution in [3.8, 4) is 0 Å². The van der Waals surface area contributed by atoms with E-state index in [1.807, 2.05) is 18.0 Å². The van der Waals surface area contributed by atoms with Crippen LogP contribution in [0.25, 0.3) is 0 Å². The zero-order chi connectivity index (χ0) is 11.4. The van der Waals surface area contributed by atoms with Gasteiger partial charge in [0.15, 0.2) is 0 Å². The van der Waals surface area contributed by atoms with Crippen LogP contribution in [0, 0.1) is 11.9 Å². The molecule has 0 spiro atoms. The molecule has 1 aliphatic rings. The molecule has 0 bridgehead atoms. The molecule has 0 N–H and O–H groups in total. The second-order valence-electron chi connectivity index (χ2n) is 4.28. The third kappa shape index (κ3) is 2.92. The van der Waals surface area contributed by atoms with Gasteiger partial charge in [0.05, 0.1) is 6.61 Å². The SMILES string of the molecule is CN(CC1CCCOC1)c1cccc(F)n1. The molecule has 0 saturated carbocycles. The zero-order valence-corrected chi connectivity index (χ0v) is 9.53. The Morgan fingerprint density at radius 2 is 2.44 bits per heavy atom. The van der Waals surface area contributed by atoms with E-state index >= 15 is 0 Å². The quantitative estimate of drug-likeness (QED) is 0.735. The van der Waals surface area contributed by atoms with Gasteiger partial charge in [0.1, 0.15) is 5.82 Å². The molecule has 1 aromatic heterocycles. The molecule has 88 valence electrons. The Hall–Kier alpha value is -1.16. The number of halogens is 1. The summed E-state index contributed by atoms with van der Waals surface area (Å²) < 4.78 is 18.4. The van der Waals surface area contributed by atoms with Gasteiger partial charge in [-0.25, -0.2) is 4.98 Å². The van der Waals surface area contributed by atoms with Gasteiger partial charge in [0.2, 0.25) is 5.95 Å². The summed E-state index contributed by atoms with van der Waals surface area (Å²) in [5, 5.41) is 0. The van der Waals surface area contributed by atoms with Crippen LogP contribution in [0.1, 0.15) is 12.8 Å². The lowest BCUT2D eigenvalue weighted by Crippen LogP contribution is -2.31. The molecular weight excluding hydrogens is 207 g/mol. The maximum atomic E-state index is 12.9. The van der Waals surface area contributed by atoms with Crippen LogP contribution >= 0.6 is 0 Å². The van der Waals surface area contributed by atoms with Gasteiger partial charge < -0.3 is 9.64 Å². The van der Waals surface area contributed by atoms with Crippen LogP contribution in [-0.2, 0) is 4.74 Å². The van der Waals surface area contributed by atoms with E-state index in [2.05, 4.69) is 4.98 Å². The normalized spacial score (nSPS) is 20.8. The Labute approximate surface area is 95.2 Å². The van der Waals surface area contributed by atoms with Crippen molar-refractivity contribution in [3.63, 3.8) is 0 Å². The number of aromatic nitrogens is 1. The molecule has 3 nitrogen and oxygen atoms in total. The van der Waals surface area contributed by atoms with Crippen molar-refractivity contribution in [3.05, 3.63) is 24.1 Å². The molecule has 0 amide bonds. The van der Waals surface area contributed by atoms with Gasteiger partial charge in [-0.1, -0.05) is 6.07 Å². The van der Waals surface area contributed by atoms with E-state index in [9.17, 15) is 4.39 Å². The number of hydrogen-bond acceptors (Lipinski definition) is 3. The number of ether oxygens (including phenoxy) is 1. The van der Waals surface area contributed by atoms with Crippen molar-refractivity contribution in [1.82, 2.24) is 4.98 Å². The third-order valence-electron chi connectivity index (χ3n) is 2.88. The monoisotopic (exact) mass is 224 g/mol. The molecule has 0 aliphatic carbocycles. The molecule has 1 atom stereocenters. The first-order valence-electron chi connectivity index (χ1n) is 5.67. The summed E-state index contributed by atoms with van der Waals surface area (Å²) in [6.45, 7) is 2.55. The molecule has 2 heterocycles. The lowest BCUT2D eigenvalue weighted by molar-refractivity contribution is 0.0576. The van der Waals surface area contributed by atoms with Gasteiger partial charge in [-0.3, -0.25) is 0 Å². The van der Waals surface area contributed by atoms with Crippen molar-refractivity contribution in [2.24, 2.45) is 5.92 Å². The second-order valence-corrected chi connectivity index (χ2v) is 4.28. The summed E-state index contributed by atoms with van der Waals surface area (Å²) in [4.78, 5) is 5.85. The van der Waals surface area contributed by atoms with E-state index in [0.717, 1.165) is 26.2 Å². The zero-order valence-electron chi connectivity index (χ0n) is 9.53. The van der Waals surface area contributed by atoms with E-state index in [1.165, 1.54) is 12.5 Å². The average Bonchev–Trinajstić information content (AvgIpc) is 2.30. The highest BCUT2D eigenvalue weighted by Crippen LogP contribution is 2.17. The number of hydrogen-bond donors (Lipinski definition) is 0. The van der Waals surface area contributed by atoms with Crippen LogP contribution in [0.5, 0.6) is 0 Å². The van der Waals surface area contributed by atoms with Gasteiger partial charge in [-0.2, -0.15) is 4.39 Å². The highest BCUT2D eigenvalue weighted by Gasteiger charge is 2.16. The smallest absolute Gasteiger partial charge is 0.214 e. The number of rotatable bonds is 3. The Morgan fingerprint density at radius 3 is 3.12 bits per heavy atom. The second kappa shape index (κ2) is 5.25. The molecule has 1 unspecified atom stereocenters. The predicted octanol–water partition coefficient (Wildman–Crippen LogP) is 2.08. The van der Waals surface area contributed by atoms with E-state index in [4.69, 9.17) is 4.74 Å². The maximum Gasteiger partial charge on any atom is 0.214 e. The molecule has 4 heteroatoms. The van der Waals surface area contributed by atoms with Gasteiger partial charge in [0, 0.05) is 20.2 Å². The molecular formula is C12H17FN2O. The molecule has 0 aromatic carbocycles. The number of pyridine rings is 1. The standard InChI is InChI=1S/C12H17FN2O/c1-15(8-10-4-3-7-16-9-10)12-6-2-5-11(13)14-12/h2,5-6,10H,3-4,7-9H2,1H3. The minimum absolute atomic E-state index is 0.427. The van der Waals surface area contributed by atoms with Crippen LogP contribution in [-0.4, -0.2) is 31.8 Å². The predicted molar refractivity (Wildman–Crippen MR) is 61.0 cm³/mol. The van der Waals surface area contributed by atoms with Crippen LogP contribution in [0.4, 0.5) is 10.2 Å².